The van der Waals surface area contributed by atoms with Crippen LogP contribution < -0.4 is 0 Å². The topological polar surface area (TPSA) is 90.9 Å². The maximum absolute atomic E-state index is 11.0. The van der Waals surface area contributed by atoms with Gasteiger partial charge >= 0.3 is 5.97 Å². The molecule has 0 heterocycles. The molecule has 0 rings (SSSR count). The molecule has 0 saturated heterocycles. The number of carbonyl (C=O) groups excluding carboxylic acids is 2. The van der Waals surface area contributed by atoms with Crippen molar-refractivity contribution in [1.29, 1.82) is 10.5 Å². The van der Waals surface area contributed by atoms with Crippen molar-refractivity contribution in [3.05, 3.63) is 11.6 Å². The van der Waals surface area contributed by atoms with Crippen LogP contribution in [0.4, 0.5) is 0 Å². The summed E-state index contributed by atoms with van der Waals surface area (Å²) in [5, 5.41) is 16.9. The zero-order chi connectivity index (χ0) is 11.0. The summed E-state index contributed by atoms with van der Waals surface area (Å²) < 4.78 is 4.55. The predicted molar refractivity (Wildman–Crippen MR) is 45.5 cm³/mol. The Kier molecular flexibility index (Phi) is 5.41. The molecule has 0 aliphatic rings. The minimum Gasteiger partial charge on any atom is -0.465 e. The van der Waals surface area contributed by atoms with Crippen LogP contribution in [-0.4, -0.2) is 18.9 Å². The number of nitrogens with zero attached hydrogens (tertiary/aromatic N) is 2. The molecule has 0 bridgehead atoms. The highest BCUT2D eigenvalue weighted by Crippen LogP contribution is 2.03. The SMILES string of the molecule is CCOC(=O)C(C#N)/C=C(\C#N)C=O. The Labute approximate surface area is 81.2 Å². The zero-order valence-corrected chi connectivity index (χ0v) is 7.56. The first-order chi connectivity index (χ1) is 6.69. The highest BCUT2D eigenvalue weighted by molar-refractivity contribution is 5.83. The molecule has 0 aromatic heterocycles. The van der Waals surface area contributed by atoms with Crippen LogP contribution in [0.5, 0.6) is 0 Å². The second-order valence-corrected chi connectivity index (χ2v) is 2.21. The van der Waals surface area contributed by atoms with Crippen LogP contribution in [-0.2, 0) is 14.3 Å². The summed E-state index contributed by atoms with van der Waals surface area (Å²) in [4.78, 5) is 21.2. The van der Waals surface area contributed by atoms with Crippen molar-refractivity contribution < 1.29 is 14.3 Å². The number of esters is 1. The van der Waals surface area contributed by atoms with E-state index in [1.54, 1.807) is 19.1 Å². The van der Waals surface area contributed by atoms with Crippen molar-refractivity contribution in [3.63, 3.8) is 0 Å². The minimum absolute atomic E-state index is 0.147. The van der Waals surface area contributed by atoms with E-state index in [9.17, 15) is 9.59 Å². The van der Waals surface area contributed by atoms with Gasteiger partial charge in [0.05, 0.1) is 18.2 Å². The molecule has 1 atom stereocenters. The second kappa shape index (κ2) is 6.38. The lowest BCUT2D eigenvalue weighted by molar-refractivity contribution is -0.144. The van der Waals surface area contributed by atoms with E-state index in [2.05, 4.69) is 4.74 Å². The summed E-state index contributed by atoms with van der Waals surface area (Å²) in [6.45, 7) is 1.74. The van der Waals surface area contributed by atoms with Gasteiger partial charge in [0, 0.05) is 0 Å². The normalized spacial score (nSPS) is 12.1. The van der Waals surface area contributed by atoms with Crippen molar-refractivity contribution in [2.45, 2.75) is 6.92 Å². The molecule has 1 unspecified atom stereocenters. The van der Waals surface area contributed by atoms with Crippen molar-refractivity contribution in [1.82, 2.24) is 0 Å². The number of rotatable bonds is 4. The Balaban J connectivity index is 4.69. The fourth-order valence-electron chi connectivity index (χ4n) is 0.673. The van der Waals surface area contributed by atoms with E-state index in [0.29, 0.717) is 0 Å². The minimum atomic E-state index is -1.20. The first kappa shape index (κ1) is 11.9. The largest absolute Gasteiger partial charge is 0.465 e. The van der Waals surface area contributed by atoms with Gasteiger partial charge in [-0.3, -0.25) is 9.59 Å². The van der Waals surface area contributed by atoms with E-state index in [0.717, 1.165) is 6.08 Å². The Bertz CT molecular complexity index is 333. The summed E-state index contributed by atoms with van der Waals surface area (Å²) in [7, 11) is 0. The third-order valence-electron chi connectivity index (χ3n) is 1.28. The quantitative estimate of drug-likeness (QED) is 0.277. The number of aldehydes is 1. The Morgan fingerprint density at radius 2 is 2.21 bits per heavy atom. The lowest BCUT2D eigenvalue weighted by Gasteiger charge is -2.02. The Morgan fingerprint density at radius 3 is 2.57 bits per heavy atom. The first-order valence-corrected chi connectivity index (χ1v) is 3.82. The van der Waals surface area contributed by atoms with Gasteiger partial charge in [-0.15, -0.1) is 0 Å². The van der Waals surface area contributed by atoms with E-state index in [1.807, 2.05) is 0 Å². The van der Waals surface area contributed by atoms with Crippen LogP contribution in [0, 0.1) is 28.6 Å². The predicted octanol–water partition coefficient (Wildman–Crippen LogP) is 0.338. The molecule has 5 nitrogen and oxygen atoms in total. The van der Waals surface area contributed by atoms with Crippen LogP contribution in [0.25, 0.3) is 0 Å². The third kappa shape index (κ3) is 3.51. The number of hydrogen-bond acceptors (Lipinski definition) is 5. The molecular weight excluding hydrogens is 184 g/mol. The number of ether oxygens (including phenoxy) is 1. The lowest BCUT2D eigenvalue weighted by Crippen LogP contribution is -2.14. The molecule has 0 aliphatic heterocycles. The molecular formula is C9H8N2O3. The van der Waals surface area contributed by atoms with Crippen LogP contribution >= 0.6 is 0 Å². The van der Waals surface area contributed by atoms with Crippen LogP contribution in [0.2, 0.25) is 0 Å². The second-order valence-electron chi connectivity index (χ2n) is 2.21. The molecule has 0 aromatic rings. The molecule has 14 heavy (non-hydrogen) atoms. The summed E-state index contributed by atoms with van der Waals surface area (Å²) in [5.74, 6) is -1.96. The number of nitriles is 2. The highest BCUT2D eigenvalue weighted by Gasteiger charge is 2.17. The molecule has 0 radical (unpaired) electrons. The summed E-state index contributed by atoms with van der Waals surface area (Å²) in [5.41, 5.74) is -0.260. The van der Waals surface area contributed by atoms with Gasteiger partial charge in [-0.1, -0.05) is 0 Å². The van der Waals surface area contributed by atoms with Crippen LogP contribution in [0.15, 0.2) is 11.6 Å². The monoisotopic (exact) mass is 192 g/mol. The van der Waals surface area contributed by atoms with Gasteiger partial charge in [0.2, 0.25) is 0 Å². The molecule has 0 amide bonds. The first-order valence-electron chi connectivity index (χ1n) is 3.82. The van der Waals surface area contributed by atoms with Crippen molar-refractivity contribution in [2.24, 2.45) is 5.92 Å². The third-order valence-corrected chi connectivity index (χ3v) is 1.28. The molecule has 0 saturated carbocycles. The maximum Gasteiger partial charge on any atom is 0.327 e. The van der Waals surface area contributed by atoms with Gasteiger partial charge in [0.15, 0.2) is 12.2 Å². The number of allylic oxidation sites excluding steroid dienone is 1. The van der Waals surface area contributed by atoms with Crippen LogP contribution in [0.1, 0.15) is 6.92 Å². The van der Waals surface area contributed by atoms with Gasteiger partial charge in [0.1, 0.15) is 6.07 Å². The standard InChI is InChI=1S/C9H8N2O3/c1-2-14-9(13)8(5-11)3-7(4-10)6-12/h3,6,8H,2H2,1H3/b7-3+. The average molecular weight is 192 g/mol. The van der Waals surface area contributed by atoms with Gasteiger partial charge in [-0.05, 0) is 13.0 Å². The Hall–Kier alpha value is -2.14. The van der Waals surface area contributed by atoms with Gasteiger partial charge in [0.25, 0.3) is 0 Å². The van der Waals surface area contributed by atoms with Crippen molar-refractivity contribution in [3.8, 4) is 12.1 Å². The van der Waals surface area contributed by atoms with E-state index >= 15 is 0 Å². The summed E-state index contributed by atoms with van der Waals surface area (Å²) >= 11 is 0. The molecule has 0 spiro atoms. The van der Waals surface area contributed by atoms with E-state index in [4.69, 9.17) is 10.5 Å². The van der Waals surface area contributed by atoms with Crippen LogP contribution in [0.3, 0.4) is 0 Å². The van der Waals surface area contributed by atoms with E-state index < -0.39 is 11.9 Å². The lowest BCUT2D eigenvalue weighted by atomic mass is 10.1. The molecule has 0 aromatic carbocycles. The fraction of sp³-hybridized carbons (Fsp3) is 0.333. The highest BCUT2D eigenvalue weighted by atomic mass is 16.5. The average Bonchev–Trinajstić information content (AvgIpc) is 2.20. The smallest absolute Gasteiger partial charge is 0.327 e. The number of hydrogen-bond donors (Lipinski definition) is 0. The molecule has 0 N–H and O–H groups in total. The summed E-state index contributed by atoms with van der Waals surface area (Å²) in [6, 6.07) is 3.17. The molecule has 0 aliphatic carbocycles. The summed E-state index contributed by atoms with van der Waals surface area (Å²) in [6.07, 6.45) is 1.26. The van der Waals surface area contributed by atoms with Crippen molar-refractivity contribution in [2.75, 3.05) is 6.61 Å². The number of carbonyl (C=O) groups is 2. The van der Waals surface area contributed by atoms with E-state index in [1.165, 1.54) is 0 Å². The maximum atomic E-state index is 11.0. The van der Waals surface area contributed by atoms with E-state index in [-0.39, 0.29) is 18.5 Å². The van der Waals surface area contributed by atoms with Gasteiger partial charge in [-0.2, -0.15) is 10.5 Å². The van der Waals surface area contributed by atoms with Gasteiger partial charge in [-0.25, -0.2) is 0 Å². The van der Waals surface area contributed by atoms with Crippen molar-refractivity contribution >= 4 is 12.3 Å². The molecule has 72 valence electrons. The molecule has 0 fully saturated rings. The Morgan fingerprint density at radius 1 is 1.57 bits per heavy atom. The fourth-order valence-corrected chi connectivity index (χ4v) is 0.673. The zero-order valence-electron chi connectivity index (χ0n) is 7.56. The van der Waals surface area contributed by atoms with Gasteiger partial charge < -0.3 is 4.74 Å². The molecule has 5 heteroatoms.